The molecule has 134 valence electrons. The average Bonchev–Trinajstić information content (AvgIpc) is 3.42. The van der Waals surface area contributed by atoms with Crippen molar-refractivity contribution < 1.29 is 13.9 Å². The molecule has 8 heteroatoms. The van der Waals surface area contributed by atoms with Crippen LogP contribution in [0.4, 0.5) is 0 Å². The van der Waals surface area contributed by atoms with Gasteiger partial charge in [-0.05, 0) is 51.8 Å². The molecule has 1 aliphatic rings. The summed E-state index contributed by atoms with van der Waals surface area (Å²) in [6, 6.07) is 13.5. The molecule has 5 rings (SSSR count). The second kappa shape index (κ2) is 6.55. The van der Waals surface area contributed by atoms with Gasteiger partial charge in [0.1, 0.15) is 0 Å². The minimum absolute atomic E-state index is 0.232. The first-order chi connectivity index (χ1) is 13.2. The van der Waals surface area contributed by atoms with Gasteiger partial charge in [-0.25, -0.2) is 0 Å². The van der Waals surface area contributed by atoms with E-state index < -0.39 is 0 Å². The highest BCUT2D eigenvalue weighted by Gasteiger charge is 2.17. The summed E-state index contributed by atoms with van der Waals surface area (Å²) in [5.41, 5.74) is 2.78. The second-order valence-electron chi connectivity index (χ2n) is 6.03. The van der Waals surface area contributed by atoms with Crippen molar-refractivity contribution in [3.63, 3.8) is 0 Å². The van der Waals surface area contributed by atoms with Crippen molar-refractivity contribution in [1.82, 2.24) is 20.0 Å². The number of halogens is 1. The van der Waals surface area contributed by atoms with Crippen LogP contribution < -0.4 is 9.47 Å². The van der Waals surface area contributed by atoms with E-state index in [-0.39, 0.29) is 6.79 Å². The first-order valence-electron chi connectivity index (χ1n) is 8.25. The molecule has 3 heterocycles. The first-order valence-corrected chi connectivity index (χ1v) is 9.05. The van der Waals surface area contributed by atoms with E-state index in [1.54, 1.807) is 6.20 Å². The maximum Gasteiger partial charge on any atom is 0.248 e. The minimum atomic E-state index is 0.232. The number of hydrogen-bond acceptors (Lipinski definition) is 6. The van der Waals surface area contributed by atoms with Gasteiger partial charge >= 0.3 is 0 Å². The molecule has 0 radical (unpaired) electrons. The molecule has 1 aliphatic heterocycles. The van der Waals surface area contributed by atoms with Crippen molar-refractivity contribution in [1.29, 1.82) is 0 Å². The van der Waals surface area contributed by atoms with Crippen LogP contribution in [-0.2, 0) is 6.54 Å². The van der Waals surface area contributed by atoms with Crippen molar-refractivity contribution in [3.05, 3.63) is 64.9 Å². The van der Waals surface area contributed by atoms with Gasteiger partial charge in [0.05, 0.1) is 17.2 Å². The summed E-state index contributed by atoms with van der Waals surface area (Å²) in [6.07, 6.45) is 3.70. The molecule has 0 saturated heterocycles. The third kappa shape index (κ3) is 3.19. The fourth-order valence-corrected chi connectivity index (χ4v) is 3.18. The number of nitrogens with zero attached hydrogens (tertiary/aromatic N) is 4. The number of hydrogen-bond donors (Lipinski definition) is 0. The fourth-order valence-electron chi connectivity index (χ4n) is 2.85. The minimum Gasteiger partial charge on any atom is -0.454 e. The summed E-state index contributed by atoms with van der Waals surface area (Å²) in [5.74, 6) is 2.31. The van der Waals surface area contributed by atoms with Gasteiger partial charge in [-0.15, -0.1) is 10.2 Å². The van der Waals surface area contributed by atoms with Crippen molar-refractivity contribution in [2.75, 3.05) is 6.79 Å². The zero-order chi connectivity index (χ0) is 18.2. The summed E-state index contributed by atoms with van der Waals surface area (Å²) >= 11 is 3.40. The Balaban J connectivity index is 1.36. The Kier molecular flexibility index (Phi) is 3.90. The molecular weight excluding hydrogens is 412 g/mol. The van der Waals surface area contributed by atoms with Crippen molar-refractivity contribution in [3.8, 4) is 34.4 Å². The largest absolute Gasteiger partial charge is 0.454 e. The molecule has 2 aromatic heterocycles. The molecule has 0 saturated carbocycles. The third-order valence-electron chi connectivity index (χ3n) is 4.19. The standard InChI is InChI=1S/C19H13BrN4O3/c20-15-8-21-24(10-15)9-12-1-3-13(4-2-12)18-22-23-19(27-18)14-5-6-16-17(7-14)26-11-25-16/h1-8,10H,9,11H2. The van der Waals surface area contributed by atoms with Crippen molar-refractivity contribution in [2.24, 2.45) is 0 Å². The number of benzene rings is 2. The van der Waals surface area contributed by atoms with E-state index in [1.165, 1.54) is 0 Å². The van der Waals surface area contributed by atoms with Crippen LogP contribution in [0.15, 0.2) is 63.7 Å². The molecule has 0 amide bonds. The molecule has 7 nitrogen and oxygen atoms in total. The van der Waals surface area contributed by atoms with Gasteiger partial charge < -0.3 is 13.9 Å². The lowest BCUT2D eigenvalue weighted by Crippen LogP contribution is -1.99. The van der Waals surface area contributed by atoms with Gasteiger partial charge in [0.15, 0.2) is 11.5 Å². The van der Waals surface area contributed by atoms with Crippen molar-refractivity contribution in [2.45, 2.75) is 6.54 Å². The molecule has 0 aliphatic carbocycles. The molecule has 0 N–H and O–H groups in total. The van der Waals surface area contributed by atoms with Gasteiger partial charge in [-0.2, -0.15) is 5.10 Å². The third-order valence-corrected chi connectivity index (χ3v) is 4.60. The highest BCUT2D eigenvalue weighted by Crippen LogP contribution is 2.36. The number of fused-ring (bicyclic) bond motifs is 1. The van der Waals surface area contributed by atoms with Crippen LogP contribution in [0.5, 0.6) is 11.5 Å². The Labute approximate surface area is 162 Å². The Morgan fingerprint density at radius 2 is 1.67 bits per heavy atom. The zero-order valence-electron chi connectivity index (χ0n) is 14.0. The smallest absolute Gasteiger partial charge is 0.248 e. The molecule has 2 aromatic carbocycles. The quantitative estimate of drug-likeness (QED) is 0.489. The van der Waals surface area contributed by atoms with E-state index >= 15 is 0 Å². The maximum absolute atomic E-state index is 5.83. The molecule has 0 fully saturated rings. The van der Waals surface area contributed by atoms with Crippen LogP contribution in [0.3, 0.4) is 0 Å². The monoisotopic (exact) mass is 424 g/mol. The SMILES string of the molecule is Brc1cnn(Cc2ccc(-c3nnc(-c4ccc5c(c4)OCO5)o3)cc2)c1. The van der Waals surface area contributed by atoms with E-state index in [1.807, 2.05) is 53.3 Å². The normalized spacial score (nSPS) is 12.5. The van der Waals surface area contributed by atoms with E-state index in [0.29, 0.717) is 24.1 Å². The topological polar surface area (TPSA) is 75.2 Å². The molecule has 27 heavy (non-hydrogen) atoms. The summed E-state index contributed by atoms with van der Waals surface area (Å²) in [7, 11) is 0. The predicted octanol–water partition coefficient (Wildman–Crippen LogP) is 4.14. The Morgan fingerprint density at radius 3 is 2.44 bits per heavy atom. The van der Waals surface area contributed by atoms with Gasteiger partial charge in [-0.1, -0.05) is 12.1 Å². The Bertz CT molecular complexity index is 1100. The van der Waals surface area contributed by atoms with Crippen LogP contribution in [0.2, 0.25) is 0 Å². The molecule has 0 bridgehead atoms. The van der Waals surface area contributed by atoms with E-state index in [4.69, 9.17) is 13.9 Å². The van der Waals surface area contributed by atoms with Gasteiger partial charge in [-0.3, -0.25) is 4.68 Å². The summed E-state index contributed by atoms with van der Waals surface area (Å²) in [6.45, 7) is 0.924. The maximum atomic E-state index is 5.83. The summed E-state index contributed by atoms with van der Waals surface area (Å²) in [5, 5.41) is 12.6. The van der Waals surface area contributed by atoms with Gasteiger partial charge in [0.25, 0.3) is 0 Å². The molecule has 4 aromatic rings. The lowest BCUT2D eigenvalue weighted by atomic mass is 10.1. The summed E-state index contributed by atoms with van der Waals surface area (Å²) < 4.78 is 19.4. The van der Waals surface area contributed by atoms with Crippen LogP contribution in [-0.4, -0.2) is 26.8 Å². The molecule has 0 unspecified atom stereocenters. The predicted molar refractivity (Wildman–Crippen MR) is 100 cm³/mol. The van der Waals surface area contributed by atoms with Gasteiger partial charge in [0, 0.05) is 17.3 Å². The van der Waals surface area contributed by atoms with E-state index in [9.17, 15) is 0 Å². The van der Waals surface area contributed by atoms with E-state index in [0.717, 1.165) is 26.9 Å². The van der Waals surface area contributed by atoms with Crippen LogP contribution >= 0.6 is 15.9 Å². The first kappa shape index (κ1) is 16.1. The van der Waals surface area contributed by atoms with E-state index in [2.05, 4.69) is 31.2 Å². The Morgan fingerprint density at radius 1 is 0.926 bits per heavy atom. The Hall–Kier alpha value is -3.13. The highest BCUT2D eigenvalue weighted by molar-refractivity contribution is 9.10. The number of aromatic nitrogens is 4. The average molecular weight is 425 g/mol. The van der Waals surface area contributed by atoms with Crippen LogP contribution in [0.25, 0.3) is 22.9 Å². The lowest BCUT2D eigenvalue weighted by Gasteiger charge is -2.02. The zero-order valence-corrected chi connectivity index (χ0v) is 15.6. The summed E-state index contributed by atoms with van der Waals surface area (Å²) in [4.78, 5) is 0. The molecule has 0 spiro atoms. The number of ether oxygens (including phenoxy) is 2. The highest BCUT2D eigenvalue weighted by atomic mass is 79.9. The second-order valence-corrected chi connectivity index (χ2v) is 6.95. The van der Waals surface area contributed by atoms with Crippen molar-refractivity contribution >= 4 is 15.9 Å². The fraction of sp³-hybridized carbons (Fsp3) is 0.105. The van der Waals surface area contributed by atoms with Crippen LogP contribution in [0.1, 0.15) is 5.56 Å². The molecular formula is C19H13BrN4O3. The van der Waals surface area contributed by atoms with Gasteiger partial charge in [0.2, 0.25) is 18.6 Å². The number of rotatable bonds is 4. The van der Waals surface area contributed by atoms with Crippen LogP contribution in [0, 0.1) is 0 Å². The molecule has 0 atom stereocenters. The lowest BCUT2D eigenvalue weighted by molar-refractivity contribution is 0.174.